The zero-order valence-corrected chi connectivity index (χ0v) is 40.2. The van der Waals surface area contributed by atoms with Gasteiger partial charge in [-0.25, -0.2) is 19.6 Å². The fourth-order valence-electron chi connectivity index (χ4n) is 8.84. The van der Waals surface area contributed by atoms with Gasteiger partial charge in [-0.3, -0.25) is 9.59 Å². The standard InChI is InChI=1S/C50H70N8O6/c1-27(2)41(55-47(61)63-49(9,10)11)45(59)57-31(7)29(5)23-39(57)43-51-25-37(53-43)35-19-15-33(16-20-35)34-17-21-36(22-18-34)38-26-52-44(54-38)40-24-30(6)32(8)58(40)46(60)42(28(3)4)56-48(62)64-50(12,13)14/h15-22,25-32,39-42H,23-24H2,1-14H3,(H,51,53)(H,52,54)(H,55,61)(H,56,62)/t29-,30-,31-,32-,39+,40+,41+,42+/m1/s1. The van der Waals surface area contributed by atoms with Gasteiger partial charge in [-0.15, -0.1) is 0 Å². The molecule has 0 bridgehead atoms. The number of aromatic amines is 2. The molecule has 0 radical (unpaired) electrons. The van der Waals surface area contributed by atoms with Crippen molar-refractivity contribution in [2.45, 2.75) is 157 Å². The number of likely N-dealkylation sites (tertiary alicyclic amines) is 2. The molecule has 0 spiro atoms. The first-order chi connectivity index (χ1) is 29.9. The summed E-state index contributed by atoms with van der Waals surface area (Å²) < 4.78 is 11.0. The van der Waals surface area contributed by atoms with Crippen molar-refractivity contribution < 1.29 is 28.7 Å². The minimum absolute atomic E-state index is 0.0476. The lowest BCUT2D eigenvalue weighted by Crippen LogP contribution is -2.53. The molecule has 14 nitrogen and oxygen atoms in total. The Hall–Kier alpha value is -5.66. The molecular formula is C50H70N8O6. The highest BCUT2D eigenvalue weighted by Crippen LogP contribution is 2.42. The predicted octanol–water partition coefficient (Wildman–Crippen LogP) is 9.83. The molecule has 0 unspecified atom stereocenters. The van der Waals surface area contributed by atoms with E-state index in [0.717, 1.165) is 46.5 Å². The van der Waals surface area contributed by atoms with E-state index in [1.165, 1.54) is 0 Å². The summed E-state index contributed by atoms with van der Waals surface area (Å²) in [7, 11) is 0. The molecule has 2 aliphatic rings. The zero-order chi connectivity index (χ0) is 47.0. The van der Waals surface area contributed by atoms with Gasteiger partial charge in [0.05, 0.1) is 35.9 Å². The number of carbonyl (C=O) groups is 4. The number of ether oxygens (including phenoxy) is 2. The Morgan fingerprint density at radius 1 is 0.578 bits per heavy atom. The summed E-state index contributed by atoms with van der Waals surface area (Å²) in [5, 5.41) is 5.68. The third kappa shape index (κ3) is 10.8. The van der Waals surface area contributed by atoms with Crippen molar-refractivity contribution in [3.05, 3.63) is 72.6 Å². The number of alkyl carbamates (subject to hydrolysis) is 2. The monoisotopic (exact) mass is 879 g/mol. The fraction of sp³-hybridized carbons (Fsp3) is 0.560. The molecule has 6 rings (SSSR count). The van der Waals surface area contributed by atoms with Crippen LogP contribution in [0.3, 0.4) is 0 Å². The SMILES string of the molecule is CC(C)[C@H](NC(=O)OC(C)(C)C)C(=O)N1[C@H](C)[C@H](C)C[C@H]1c1ncc(-c2ccc(-c3ccc(-c4cnc([C@@H]5C[C@@H](C)[C@@H](C)N5C(=O)[C@@H](NC(=O)OC(C)(C)C)C(C)C)[nH]4)cc3)cc2)[nH]1. The van der Waals surface area contributed by atoms with Crippen LogP contribution in [0.1, 0.15) is 134 Å². The summed E-state index contributed by atoms with van der Waals surface area (Å²) in [5.74, 6) is 1.31. The second kappa shape index (κ2) is 18.8. The number of benzene rings is 2. The molecule has 2 fully saturated rings. The number of nitrogens with zero attached hydrogens (tertiary/aromatic N) is 4. The van der Waals surface area contributed by atoms with E-state index >= 15 is 0 Å². The van der Waals surface area contributed by atoms with Crippen molar-refractivity contribution in [1.29, 1.82) is 0 Å². The molecule has 8 atom stereocenters. The minimum atomic E-state index is -0.744. The summed E-state index contributed by atoms with van der Waals surface area (Å²) in [4.78, 5) is 74.2. The van der Waals surface area contributed by atoms with E-state index in [4.69, 9.17) is 19.4 Å². The Kier molecular flexibility index (Phi) is 14.1. The van der Waals surface area contributed by atoms with Gasteiger partial charge in [-0.2, -0.15) is 0 Å². The van der Waals surface area contributed by atoms with Gasteiger partial charge in [0, 0.05) is 12.1 Å². The summed E-state index contributed by atoms with van der Waals surface area (Å²) in [5.41, 5.74) is 4.38. The van der Waals surface area contributed by atoms with Crippen molar-refractivity contribution >= 4 is 24.0 Å². The molecule has 2 aromatic heterocycles. The van der Waals surface area contributed by atoms with Gasteiger partial charge in [0.1, 0.15) is 34.9 Å². The van der Waals surface area contributed by atoms with Gasteiger partial charge < -0.3 is 39.9 Å². The van der Waals surface area contributed by atoms with Crippen LogP contribution in [0.5, 0.6) is 0 Å². The number of amides is 4. The average Bonchev–Trinajstić information content (AvgIpc) is 4.01. The first kappa shape index (κ1) is 47.8. The van der Waals surface area contributed by atoms with Crippen LogP contribution in [0.25, 0.3) is 33.6 Å². The van der Waals surface area contributed by atoms with Crippen LogP contribution in [-0.2, 0) is 19.1 Å². The molecule has 4 amide bonds. The number of hydrogen-bond acceptors (Lipinski definition) is 8. The van der Waals surface area contributed by atoms with E-state index in [0.29, 0.717) is 11.6 Å². The third-order valence-corrected chi connectivity index (χ3v) is 12.7. The Balaban J connectivity index is 1.14. The highest BCUT2D eigenvalue weighted by molar-refractivity contribution is 5.88. The van der Waals surface area contributed by atoms with Crippen LogP contribution in [0.2, 0.25) is 0 Å². The number of H-pyrrole nitrogens is 2. The van der Waals surface area contributed by atoms with Crippen molar-refractivity contribution in [2.75, 3.05) is 0 Å². The predicted molar refractivity (Wildman–Crippen MR) is 249 cm³/mol. The molecule has 4 aromatic rings. The summed E-state index contributed by atoms with van der Waals surface area (Å²) >= 11 is 0. The van der Waals surface area contributed by atoms with Gasteiger partial charge in [-0.05, 0) is 114 Å². The fourth-order valence-corrected chi connectivity index (χ4v) is 8.84. The highest BCUT2D eigenvalue weighted by atomic mass is 16.6. The Bertz CT molecular complexity index is 2110. The number of nitrogens with one attached hydrogen (secondary N) is 4. The van der Waals surface area contributed by atoms with Crippen LogP contribution in [0, 0.1) is 23.7 Å². The number of carbonyl (C=O) groups excluding carboxylic acids is 4. The lowest BCUT2D eigenvalue weighted by atomic mass is 10.0. The number of aromatic nitrogens is 4. The maximum absolute atomic E-state index is 14.2. The molecule has 4 heterocycles. The molecule has 0 saturated carbocycles. The largest absolute Gasteiger partial charge is 0.444 e. The van der Waals surface area contributed by atoms with Crippen molar-refractivity contribution in [1.82, 2.24) is 40.4 Å². The quantitative estimate of drug-likeness (QED) is 0.115. The van der Waals surface area contributed by atoms with Crippen LogP contribution in [0.15, 0.2) is 60.9 Å². The van der Waals surface area contributed by atoms with Crippen LogP contribution in [0.4, 0.5) is 9.59 Å². The molecule has 2 saturated heterocycles. The number of hydrogen-bond donors (Lipinski definition) is 4. The Morgan fingerprint density at radius 2 is 0.891 bits per heavy atom. The second-order valence-electron chi connectivity index (χ2n) is 20.7. The van der Waals surface area contributed by atoms with E-state index in [2.05, 4.69) is 96.8 Å². The number of imidazole rings is 2. The Morgan fingerprint density at radius 3 is 1.19 bits per heavy atom. The van der Waals surface area contributed by atoms with E-state index in [9.17, 15) is 19.2 Å². The lowest BCUT2D eigenvalue weighted by molar-refractivity contribution is -0.138. The molecule has 14 heteroatoms. The first-order valence-corrected chi connectivity index (χ1v) is 22.9. The normalized spacial score (nSPS) is 22.4. The molecule has 2 aliphatic heterocycles. The summed E-state index contributed by atoms with van der Waals surface area (Å²) in [6.07, 6.45) is 3.91. The zero-order valence-electron chi connectivity index (χ0n) is 40.2. The van der Waals surface area contributed by atoms with E-state index in [1.807, 2.05) is 49.9 Å². The van der Waals surface area contributed by atoms with Gasteiger partial charge in [0.15, 0.2) is 0 Å². The molecule has 0 aliphatic carbocycles. The molecule has 64 heavy (non-hydrogen) atoms. The first-order valence-electron chi connectivity index (χ1n) is 22.9. The Labute approximate surface area is 379 Å². The molecule has 4 N–H and O–H groups in total. The minimum Gasteiger partial charge on any atom is -0.444 e. The van der Waals surface area contributed by atoms with Gasteiger partial charge in [-0.1, -0.05) is 90.1 Å². The summed E-state index contributed by atoms with van der Waals surface area (Å²) in [6, 6.07) is 14.5. The van der Waals surface area contributed by atoms with Gasteiger partial charge in [0.25, 0.3) is 0 Å². The highest BCUT2D eigenvalue weighted by Gasteiger charge is 2.46. The van der Waals surface area contributed by atoms with Crippen molar-refractivity contribution in [2.24, 2.45) is 23.7 Å². The van der Waals surface area contributed by atoms with Gasteiger partial charge in [0.2, 0.25) is 11.8 Å². The van der Waals surface area contributed by atoms with E-state index in [-0.39, 0.29) is 59.7 Å². The van der Waals surface area contributed by atoms with Crippen molar-refractivity contribution in [3.8, 4) is 33.6 Å². The topological polar surface area (TPSA) is 175 Å². The van der Waals surface area contributed by atoms with Crippen LogP contribution in [-0.4, -0.2) is 89.1 Å². The maximum Gasteiger partial charge on any atom is 0.408 e. The lowest BCUT2D eigenvalue weighted by Gasteiger charge is -2.34. The second-order valence-corrected chi connectivity index (χ2v) is 20.7. The van der Waals surface area contributed by atoms with E-state index in [1.54, 1.807) is 41.5 Å². The van der Waals surface area contributed by atoms with Gasteiger partial charge >= 0.3 is 12.2 Å². The smallest absolute Gasteiger partial charge is 0.408 e. The van der Waals surface area contributed by atoms with Crippen molar-refractivity contribution in [3.63, 3.8) is 0 Å². The average molecular weight is 879 g/mol. The molecule has 2 aromatic carbocycles. The number of rotatable bonds is 11. The van der Waals surface area contributed by atoms with Crippen LogP contribution >= 0.6 is 0 Å². The molecular weight excluding hydrogens is 809 g/mol. The maximum atomic E-state index is 14.2. The van der Waals surface area contributed by atoms with E-state index < -0.39 is 35.5 Å². The van der Waals surface area contributed by atoms with Crippen LogP contribution < -0.4 is 10.6 Å². The third-order valence-electron chi connectivity index (χ3n) is 12.7. The molecule has 346 valence electrons. The summed E-state index contributed by atoms with van der Waals surface area (Å²) in [6.45, 7) is 26.9.